The fourth-order valence-electron chi connectivity index (χ4n) is 1.53. The zero-order chi connectivity index (χ0) is 11.5. The zero-order valence-electron chi connectivity index (χ0n) is 9.89. The van der Waals surface area contributed by atoms with E-state index in [1.54, 1.807) is 0 Å². The molecule has 0 aromatic heterocycles. The second-order valence-corrected chi connectivity index (χ2v) is 4.10. The van der Waals surface area contributed by atoms with Crippen molar-refractivity contribution in [2.24, 2.45) is 0 Å². The molecule has 0 aromatic rings. The fourth-order valence-corrected chi connectivity index (χ4v) is 1.53. The Balaban J connectivity index is 3.05. The number of rotatable bonds is 10. The number of carbonyl (C=O) groups is 1. The maximum atomic E-state index is 10.1. The maximum Gasteiger partial charge on any atom is 0.0414 e. The van der Waals surface area contributed by atoms with Crippen molar-refractivity contribution in [3.63, 3.8) is 0 Å². The van der Waals surface area contributed by atoms with Crippen LogP contribution >= 0.6 is 0 Å². The Morgan fingerprint density at radius 3 is 1.93 bits per heavy atom. The quantitative estimate of drug-likeness (QED) is 0.412. The number of carboxylic acid groups (broad SMARTS) is 1. The molecule has 0 aliphatic carbocycles. The molecule has 88 valence electrons. The summed E-state index contributed by atoms with van der Waals surface area (Å²) in [6.07, 6.45) is 9.06. The van der Waals surface area contributed by atoms with Crippen LogP contribution in [0, 0.1) is 0 Å². The molecule has 2 nitrogen and oxygen atoms in total. The molecule has 0 saturated heterocycles. The normalized spacial score (nSPS) is 10.2. The maximum absolute atomic E-state index is 10.1. The van der Waals surface area contributed by atoms with E-state index in [0.29, 0.717) is 0 Å². The summed E-state index contributed by atoms with van der Waals surface area (Å²) in [5, 5.41) is 10.1. The Morgan fingerprint density at radius 1 is 1.00 bits per heavy atom. The van der Waals surface area contributed by atoms with E-state index in [9.17, 15) is 9.90 Å². The summed E-state index contributed by atoms with van der Waals surface area (Å²) in [6.45, 7) is 6.11. The molecule has 0 rings (SSSR count). The number of carbonyl (C=O) groups excluding carboxylic acids is 1. The van der Waals surface area contributed by atoms with Crippen molar-refractivity contribution in [2.75, 3.05) is 0 Å². The van der Waals surface area contributed by atoms with Crippen LogP contribution in [-0.2, 0) is 4.79 Å². The smallest absolute Gasteiger partial charge is 0.0414 e. The van der Waals surface area contributed by atoms with Gasteiger partial charge in [0, 0.05) is 5.97 Å². The molecule has 2 heteroatoms. The van der Waals surface area contributed by atoms with Crippen LogP contribution in [0.25, 0.3) is 0 Å². The Hall–Kier alpha value is -0.790. The Morgan fingerprint density at radius 2 is 1.47 bits per heavy atom. The van der Waals surface area contributed by atoms with Gasteiger partial charge in [-0.2, -0.15) is 0 Å². The lowest BCUT2D eigenvalue weighted by molar-refractivity contribution is -0.305. The predicted octanol–water partition coefficient (Wildman–Crippen LogP) is 2.82. The van der Waals surface area contributed by atoms with Crippen LogP contribution < -0.4 is 5.11 Å². The van der Waals surface area contributed by atoms with Gasteiger partial charge in [0.15, 0.2) is 0 Å². The minimum Gasteiger partial charge on any atom is -0.550 e. The molecule has 0 aliphatic heterocycles. The number of unbranched alkanes of at least 4 members (excludes halogenated alkanes) is 5. The molecular weight excluding hydrogens is 188 g/mol. The van der Waals surface area contributed by atoms with Gasteiger partial charge in [0.25, 0.3) is 0 Å². The molecule has 0 aliphatic rings. The molecule has 15 heavy (non-hydrogen) atoms. The molecule has 0 spiro atoms. The van der Waals surface area contributed by atoms with Crippen LogP contribution in [0.2, 0.25) is 0 Å². The molecule has 0 bridgehead atoms. The summed E-state index contributed by atoms with van der Waals surface area (Å²) in [4.78, 5) is 10.1. The van der Waals surface area contributed by atoms with Crippen molar-refractivity contribution in [1.82, 2.24) is 0 Å². The minimum absolute atomic E-state index is 0.215. The highest BCUT2D eigenvalue weighted by Crippen LogP contribution is 2.12. The van der Waals surface area contributed by atoms with Crippen LogP contribution in [0.1, 0.15) is 64.7 Å². The topological polar surface area (TPSA) is 40.1 Å². The highest BCUT2D eigenvalue weighted by atomic mass is 16.4. The van der Waals surface area contributed by atoms with Gasteiger partial charge < -0.3 is 9.90 Å². The summed E-state index contributed by atoms with van der Waals surface area (Å²) < 4.78 is 0. The van der Waals surface area contributed by atoms with Gasteiger partial charge in [0.05, 0.1) is 0 Å². The summed E-state index contributed by atoms with van der Waals surface area (Å²) in [5.41, 5.74) is 1.34. The van der Waals surface area contributed by atoms with Crippen LogP contribution in [-0.4, -0.2) is 5.97 Å². The molecule has 0 saturated carbocycles. The molecule has 0 heterocycles. The lowest BCUT2D eigenvalue weighted by Gasteiger charge is -2.03. The molecule has 0 N–H and O–H groups in total. The number of hydrogen-bond donors (Lipinski definition) is 0. The van der Waals surface area contributed by atoms with E-state index >= 15 is 0 Å². The van der Waals surface area contributed by atoms with Gasteiger partial charge in [0.2, 0.25) is 0 Å². The third-order valence-corrected chi connectivity index (χ3v) is 2.66. The third kappa shape index (κ3) is 11.1. The van der Waals surface area contributed by atoms with Crippen molar-refractivity contribution < 1.29 is 9.90 Å². The molecule has 0 fully saturated rings. The fraction of sp³-hybridized carbons (Fsp3) is 0.769. The first-order chi connectivity index (χ1) is 7.16. The van der Waals surface area contributed by atoms with E-state index in [1.165, 1.54) is 24.8 Å². The molecule has 0 unspecified atom stereocenters. The first kappa shape index (κ1) is 14.2. The molecule has 0 radical (unpaired) electrons. The summed E-state index contributed by atoms with van der Waals surface area (Å²) in [5.74, 6) is -0.922. The predicted molar refractivity (Wildman–Crippen MR) is 61.4 cm³/mol. The van der Waals surface area contributed by atoms with Crippen molar-refractivity contribution >= 4 is 5.97 Å². The number of carboxylic acids is 1. The van der Waals surface area contributed by atoms with Crippen LogP contribution in [0.4, 0.5) is 0 Å². The minimum atomic E-state index is -0.922. The van der Waals surface area contributed by atoms with Gasteiger partial charge in [-0.15, -0.1) is 0 Å². The van der Waals surface area contributed by atoms with Crippen LogP contribution in [0.3, 0.4) is 0 Å². The summed E-state index contributed by atoms with van der Waals surface area (Å²) in [6, 6.07) is 0. The van der Waals surface area contributed by atoms with E-state index in [0.717, 1.165) is 32.1 Å². The first-order valence-corrected chi connectivity index (χ1v) is 6.03. The van der Waals surface area contributed by atoms with Crippen LogP contribution in [0.5, 0.6) is 0 Å². The van der Waals surface area contributed by atoms with Crippen molar-refractivity contribution in [3.8, 4) is 0 Å². The van der Waals surface area contributed by atoms with Crippen molar-refractivity contribution in [2.45, 2.75) is 64.7 Å². The first-order valence-electron chi connectivity index (χ1n) is 6.03. The molecular formula is C13H23O2-. The van der Waals surface area contributed by atoms with E-state index in [4.69, 9.17) is 0 Å². The molecule has 0 amide bonds. The number of aliphatic carboxylic acids is 1. The Labute approximate surface area is 93.4 Å². The highest BCUT2D eigenvalue weighted by Gasteiger charge is 1.93. The SMILES string of the molecule is C=C(CC)CCCCCCCCC(=O)[O-]. The zero-order valence-corrected chi connectivity index (χ0v) is 9.89. The average molecular weight is 211 g/mol. The second kappa shape index (κ2) is 9.75. The summed E-state index contributed by atoms with van der Waals surface area (Å²) in [7, 11) is 0. The van der Waals surface area contributed by atoms with Gasteiger partial charge in [-0.05, 0) is 32.1 Å². The van der Waals surface area contributed by atoms with Gasteiger partial charge in [-0.25, -0.2) is 0 Å². The number of allylic oxidation sites excluding steroid dienone is 1. The van der Waals surface area contributed by atoms with Gasteiger partial charge in [-0.3, -0.25) is 0 Å². The van der Waals surface area contributed by atoms with E-state index < -0.39 is 5.97 Å². The molecule has 0 atom stereocenters. The average Bonchev–Trinajstić information content (AvgIpc) is 2.21. The Kier molecular flexibility index (Phi) is 9.24. The van der Waals surface area contributed by atoms with Crippen LogP contribution in [0.15, 0.2) is 12.2 Å². The second-order valence-electron chi connectivity index (χ2n) is 4.10. The van der Waals surface area contributed by atoms with Crippen molar-refractivity contribution in [1.29, 1.82) is 0 Å². The van der Waals surface area contributed by atoms with Gasteiger partial charge in [0.1, 0.15) is 0 Å². The lowest BCUT2D eigenvalue weighted by Crippen LogP contribution is -2.21. The van der Waals surface area contributed by atoms with Gasteiger partial charge >= 0.3 is 0 Å². The summed E-state index contributed by atoms with van der Waals surface area (Å²) >= 11 is 0. The van der Waals surface area contributed by atoms with E-state index in [2.05, 4.69) is 13.5 Å². The largest absolute Gasteiger partial charge is 0.550 e. The standard InChI is InChI=1S/C13H24O2/c1-3-12(2)10-8-6-4-5-7-9-11-13(14)15/h2-11H2,1H3,(H,14,15)/p-1. The monoisotopic (exact) mass is 211 g/mol. The number of hydrogen-bond acceptors (Lipinski definition) is 2. The van der Waals surface area contributed by atoms with Crippen molar-refractivity contribution in [3.05, 3.63) is 12.2 Å². The third-order valence-electron chi connectivity index (χ3n) is 2.66. The molecule has 0 aromatic carbocycles. The Bertz CT molecular complexity index is 185. The van der Waals surface area contributed by atoms with E-state index in [1.807, 2.05) is 0 Å². The lowest BCUT2D eigenvalue weighted by atomic mass is 10.0. The van der Waals surface area contributed by atoms with Gasteiger partial charge in [-0.1, -0.05) is 44.8 Å². The highest BCUT2D eigenvalue weighted by molar-refractivity contribution is 5.63. The van der Waals surface area contributed by atoms with E-state index in [-0.39, 0.29) is 6.42 Å².